The molecule has 0 unspecified atom stereocenters. The molecule has 2 aromatic heterocycles. The summed E-state index contributed by atoms with van der Waals surface area (Å²) in [6.45, 7) is 5.65. The smallest absolute Gasteiger partial charge is 0.242 e. The number of carbonyl (C=O) groups is 1. The highest BCUT2D eigenvalue weighted by atomic mass is 19.1. The second kappa shape index (κ2) is 9.47. The SMILES string of the molecule is COc1nn(C)c2nc(C)c(CCC(=O)NCC3(c4cccc(F)c4)CCOCC3)c(C)c12. The van der Waals surface area contributed by atoms with Gasteiger partial charge in [0.05, 0.1) is 12.5 Å². The van der Waals surface area contributed by atoms with Crippen molar-refractivity contribution in [2.75, 3.05) is 26.9 Å². The van der Waals surface area contributed by atoms with Crippen LogP contribution in [0.15, 0.2) is 24.3 Å². The van der Waals surface area contributed by atoms with Crippen molar-refractivity contribution in [1.29, 1.82) is 0 Å². The Morgan fingerprint density at radius 3 is 2.76 bits per heavy atom. The Bertz CT molecular complexity index is 1170. The lowest BCUT2D eigenvalue weighted by Gasteiger charge is -2.38. The van der Waals surface area contributed by atoms with E-state index in [1.54, 1.807) is 23.9 Å². The third kappa shape index (κ3) is 4.57. The van der Waals surface area contributed by atoms with Crippen LogP contribution in [0, 0.1) is 19.7 Å². The summed E-state index contributed by atoms with van der Waals surface area (Å²) in [5.41, 5.74) is 4.33. The van der Waals surface area contributed by atoms with Crippen molar-refractivity contribution >= 4 is 16.9 Å². The number of aryl methyl sites for hydroxylation is 3. The van der Waals surface area contributed by atoms with E-state index in [0.717, 1.165) is 46.3 Å². The first kappa shape index (κ1) is 23.2. The minimum atomic E-state index is -0.314. The maximum Gasteiger partial charge on any atom is 0.242 e. The molecule has 3 aromatic rings. The van der Waals surface area contributed by atoms with Crippen molar-refractivity contribution in [2.24, 2.45) is 7.05 Å². The van der Waals surface area contributed by atoms with Gasteiger partial charge in [0.25, 0.3) is 0 Å². The molecule has 8 heteroatoms. The summed E-state index contributed by atoms with van der Waals surface area (Å²) in [5, 5.41) is 8.37. The van der Waals surface area contributed by atoms with Gasteiger partial charge in [-0.15, -0.1) is 5.10 Å². The van der Waals surface area contributed by atoms with Gasteiger partial charge < -0.3 is 14.8 Å². The first-order valence-electron chi connectivity index (χ1n) is 11.3. The molecule has 3 heterocycles. The summed E-state index contributed by atoms with van der Waals surface area (Å²) in [6, 6.07) is 6.69. The number of hydrogen-bond donors (Lipinski definition) is 1. The van der Waals surface area contributed by atoms with E-state index in [-0.39, 0.29) is 17.1 Å². The van der Waals surface area contributed by atoms with Crippen LogP contribution in [0.4, 0.5) is 4.39 Å². The summed E-state index contributed by atoms with van der Waals surface area (Å²) in [7, 11) is 3.44. The van der Waals surface area contributed by atoms with Gasteiger partial charge in [-0.2, -0.15) is 0 Å². The van der Waals surface area contributed by atoms with Crippen LogP contribution >= 0.6 is 0 Å². The first-order valence-corrected chi connectivity index (χ1v) is 11.3. The number of hydrogen-bond acceptors (Lipinski definition) is 5. The van der Waals surface area contributed by atoms with E-state index in [4.69, 9.17) is 14.5 Å². The van der Waals surface area contributed by atoms with E-state index >= 15 is 0 Å². The van der Waals surface area contributed by atoms with Crippen LogP contribution in [0.1, 0.15) is 41.6 Å². The quantitative estimate of drug-likeness (QED) is 0.591. The summed E-state index contributed by atoms with van der Waals surface area (Å²) in [4.78, 5) is 17.5. The number of fused-ring (bicyclic) bond motifs is 1. The normalized spacial score (nSPS) is 15.5. The molecule has 33 heavy (non-hydrogen) atoms. The van der Waals surface area contributed by atoms with Gasteiger partial charge in [0.2, 0.25) is 11.8 Å². The Morgan fingerprint density at radius 2 is 2.06 bits per heavy atom. The van der Waals surface area contributed by atoms with Crippen molar-refractivity contribution in [3.05, 3.63) is 52.5 Å². The number of halogens is 1. The topological polar surface area (TPSA) is 78.3 Å². The molecule has 1 N–H and O–H groups in total. The number of ether oxygens (including phenoxy) is 2. The summed E-state index contributed by atoms with van der Waals surface area (Å²) in [6.07, 6.45) is 2.40. The molecule has 1 aliphatic rings. The summed E-state index contributed by atoms with van der Waals surface area (Å²) >= 11 is 0. The van der Waals surface area contributed by atoms with Crippen LogP contribution in [0.25, 0.3) is 11.0 Å². The molecule has 0 radical (unpaired) electrons. The van der Waals surface area contributed by atoms with Gasteiger partial charge in [-0.1, -0.05) is 12.1 Å². The number of nitrogens with one attached hydrogen (secondary N) is 1. The van der Waals surface area contributed by atoms with Gasteiger partial charge in [-0.05, 0) is 61.9 Å². The molecule has 0 atom stereocenters. The van der Waals surface area contributed by atoms with Crippen molar-refractivity contribution in [1.82, 2.24) is 20.1 Å². The Hall–Kier alpha value is -3.00. The highest BCUT2D eigenvalue weighted by Crippen LogP contribution is 2.35. The number of nitrogens with zero attached hydrogens (tertiary/aromatic N) is 3. The summed E-state index contributed by atoms with van der Waals surface area (Å²) < 4.78 is 26.6. The van der Waals surface area contributed by atoms with Crippen molar-refractivity contribution in [2.45, 2.75) is 44.9 Å². The van der Waals surface area contributed by atoms with Crippen LogP contribution in [-0.2, 0) is 28.4 Å². The number of aromatic nitrogens is 3. The zero-order valence-corrected chi connectivity index (χ0v) is 19.7. The fraction of sp³-hybridized carbons (Fsp3) is 0.480. The number of benzene rings is 1. The lowest BCUT2D eigenvalue weighted by Crippen LogP contribution is -2.44. The van der Waals surface area contributed by atoms with E-state index < -0.39 is 0 Å². The van der Waals surface area contributed by atoms with Crippen LogP contribution in [-0.4, -0.2) is 47.5 Å². The van der Waals surface area contributed by atoms with Crippen LogP contribution in [0.3, 0.4) is 0 Å². The standard InChI is InChI=1S/C25H31FN4O3/c1-16-20(17(2)28-23-22(16)24(32-4)29-30(23)3)8-9-21(31)27-15-25(10-12-33-13-11-25)18-6-5-7-19(26)14-18/h5-7,14H,8-13,15H2,1-4H3,(H,27,31). The van der Waals surface area contributed by atoms with Crippen molar-refractivity contribution in [3.8, 4) is 5.88 Å². The first-order chi connectivity index (χ1) is 15.8. The highest BCUT2D eigenvalue weighted by Gasteiger charge is 2.35. The Kier molecular flexibility index (Phi) is 6.65. The number of carbonyl (C=O) groups excluding carboxylic acids is 1. The lowest BCUT2D eigenvalue weighted by atomic mass is 9.74. The predicted octanol–water partition coefficient (Wildman–Crippen LogP) is 3.53. The van der Waals surface area contributed by atoms with E-state index in [0.29, 0.717) is 38.5 Å². The maximum absolute atomic E-state index is 13.9. The Balaban J connectivity index is 1.47. The number of rotatable bonds is 7. The van der Waals surface area contributed by atoms with Gasteiger partial charge in [0, 0.05) is 44.3 Å². The minimum Gasteiger partial charge on any atom is -0.479 e. The summed E-state index contributed by atoms with van der Waals surface area (Å²) in [5.74, 6) is 0.249. The van der Waals surface area contributed by atoms with Crippen molar-refractivity contribution in [3.63, 3.8) is 0 Å². The number of amides is 1. The molecule has 1 aliphatic heterocycles. The van der Waals surface area contributed by atoms with E-state index in [2.05, 4.69) is 10.4 Å². The molecule has 1 saturated heterocycles. The molecule has 0 aliphatic carbocycles. The maximum atomic E-state index is 13.9. The second-order valence-corrected chi connectivity index (χ2v) is 8.81. The fourth-order valence-corrected chi connectivity index (χ4v) is 4.85. The van der Waals surface area contributed by atoms with Gasteiger partial charge in [0.15, 0.2) is 5.65 Å². The molecule has 0 spiro atoms. The van der Waals surface area contributed by atoms with Crippen LogP contribution in [0.5, 0.6) is 5.88 Å². The average molecular weight is 455 g/mol. The molecule has 1 fully saturated rings. The van der Waals surface area contributed by atoms with Gasteiger partial charge in [0.1, 0.15) is 5.82 Å². The third-order valence-electron chi connectivity index (χ3n) is 6.83. The predicted molar refractivity (Wildman–Crippen MR) is 124 cm³/mol. The molecular formula is C25H31FN4O3. The van der Waals surface area contributed by atoms with Gasteiger partial charge in [-0.25, -0.2) is 14.1 Å². The van der Waals surface area contributed by atoms with E-state index in [1.807, 2.05) is 27.0 Å². The largest absolute Gasteiger partial charge is 0.479 e. The van der Waals surface area contributed by atoms with Crippen LogP contribution < -0.4 is 10.1 Å². The molecule has 176 valence electrons. The molecule has 1 amide bonds. The van der Waals surface area contributed by atoms with E-state index in [9.17, 15) is 9.18 Å². The zero-order chi connectivity index (χ0) is 23.6. The monoisotopic (exact) mass is 454 g/mol. The lowest BCUT2D eigenvalue weighted by molar-refractivity contribution is -0.121. The Morgan fingerprint density at radius 1 is 1.30 bits per heavy atom. The average Bonchev–Trinajstić information content (AvgIpc) is 3.13. The molecule has 0 bridgehead atoms. The number of pyridine rings is 1. The fourth-order valence-electron chi connectivity index (χ4n) is 4.85. The Labute approximate surface area is 193 Å². The van der Waals surface area contributed by atoms with Gasteiger partial charge in [-0.3, -0.25) is 4.79 Å². The third-order valence-corrected chi connectivity index (χ3v) is 6.83. The molecule has 4 rings (SSSR count). The molecule has 0 saturated carbocycles. The molecular weight excluding hydrogens is 423 g/mol. The number of methoxy groups -OCH3 is 1. The van der Waals surface area contributed by atoms with Crippen LogP contribution in [0.2, 0.25) is 0 Å². The van der Waals surface area contributed by atoms with E-state index in [1.165, 1.54) is 6.07 Å². The highest BCUT2D eigenvalue weighted by molar-refractivity contribution is 5.86. The minimum absolute atomic E-state index is 0.0330. The van der Waals surface area contributed by atoms with Crippen molar-refractivity contribution < 1.29 is 18.7 Å². The zero-order valence-electron chi connectivity index (χ0n) is 19.7. The molecule has 7 nitrogen and oxygen atoms in total. The molecule has 1 aromatic carbocycles. The van der Waals surface area contributed by atoms with Gasteiger partial charge >= 0.3 is 0 Å². The second-order valence-electron chi connectivity index (χ2n) is 8.81.